The fourth-order valence-corrected chi connectivity index (χ4v) is 3.26. The number of carbonyl (C=O) groups is 3. The lowest BCUT2D eigenvalue weighted by Crippen LogP contribution is -2.34. The van der Waals surface area contributed by atoms with Crippen molar-refractivity contribution in [1.29, 1.82) is 0 Å². The minimum absolute atomic E-state index is 0.0504. The average Bonchev–Trinajstić information content (AvgIpc) is 3.25. The normalized spacial score (nSPS) is 13.5. The molecule has 0 radical (unpaired) electrons. The smallest absolute Gasteiger partial charge is 0.321 e. The van der Waals surface area contributed by atoms with E-state index in [2.05, 4.69) is 10.6 Å². The van der Waals surface area contributed by atoms with Gasteiger partial charge in [-0.2, -0.15) is 0 Å². The standard InChI is InChI=1S/C17H18N4O3S/c1-20(16(23)14-6-3-9-25-14)11-15(22)19-12-4-2-5-13(10-12)21-8-7-18-17(21)24/h2-6,9-10H,7-8,11H2,1H3,(H,18,24)(H,19,22). The van der Waals surface area contributed by atoms with Crippen molar-refractivity contribution in [1.82, 2.24) is 10.2 Å². The van der Waals surface area contributed by atoms with Crippen molar-refractivity contribution in [3.8, 4) is 0 Å². The molecule has 0 bridgehead atoms. The van der Waals surface area contributed by atoms with Crippen LogP contribution >= 0.6 is 11.3 Å². The predicted octanol–water partition coefficient (Wildman–Crippen LogP) is 1.99. The predicted molar refractivity (Wildman–Crippen MR) is 97.1 cm³/mol. The van der Waals surface area contributed by atoms with Crippen LogP contribution in [0.4, 0.5) is 16.2 Å². The number of nitrogens with one attached hydrogen (secondary N) is 2. The molecule has 1 fully saturated rings. The molecule has 8 heteroatoms. The molecule has 3 rings (SSSR count). The molecule has 1 saturated heterocycles. The summed E-state index contributed by atoms with van der Waals surface area (Å²) in [6, 6.07) is 10.5. The van der Waals surface area contributed by atoms with Crippen molar-refractivity contribution in [3.63, 3.8) is 0 Å². The van der Waals surface area contributed by atoms with Gasteiger partial charge in [0.1, 0.15) is 0 Å². The first-order valence-corrected chi connectivity index (χ1v) is 8.67. The Balaban J connectivity index is 1.61. The molecule has 0 atom stereocenters. The molecule has 0 aliphatic carbocycles. The molecule has 1 aromatic heterocycles. The Bertz CT molecular complexity index is 791. The van der Waals surface area contributed by atoms with E-state index in [1.54, 1.807) is 42.3 Å². The van der Waals surface area contributed by atoms with E-state index >= 15 is 0 Å². The highest BCUT2D eigenvalue weighted by molar-refractivity contribution is 7.12. The number of amides is 4. The van der Waals surface area contributed by atoms with E-state index in [9.17, 15) is 14.4 Å². The van der Waals surface area contributed by atoms with Crippen molar-refractivity contribution in [2.75, 3.05) is 36.9 Å². The molecule has 2 aromatic rings. The summed E-state index contributed by atoms with van der Waals surface area (Å²) in [5.41, 5.74) is 1.30. The SMILES string of the molecule is CN(CC(=O)Nc1cccc(N2CCNC2=O)c1)C(=O)c1cccs1. The summed E-state index contributed by atoms with van der Waals surface area (Å²) in [6.45, 7) is 1.14. The number of carbonyl (C=O) groups excluding carboxylic acids is 3. The zero-order valence-electron chi connectivity index (χ0n) is 13.7. The van der Waals surface area contributed by atoms with Crippen LogP contribution < -0.4 is 15.5 Å². The lowest BCUT2D eigenvalue weighted by Gasteiger charge is -2.17. The van der Waals surface area contributed by atoms with Crippen molar-refractivity contribution in [2.24, 2.45) is 0 Å². The first kappa shape index (κ1) is 17.0. The topological polar surface area (TPSA) is 81.8 Å². The Labute approximate surface area is 149 Å². The summed E-state index contributed by atoms with van der Waals surface area (Å²) < 4.78 is 0. The summed E-state index contributed by atoms with van der Waals surface area (Å²) in [4.78, 5) is 39.7. The van der Waals surface area contributed by atoms with Gasteiger partial charge in [0.15, 0.2) is 0 Å². The zero-order valence-corrected chi connectivity index (χ0v) is 14.5. The van der Waals surface area contributed by atoms with Crippen molar-refractivity contribution in [2.45, 2.75) is 0 Å². The summed E-state index contributed by atoms with van der Waals surface area (Å²) in [5, 5.41) is 7.32. The van der Waals surface area contributed by atoms with Crippen LogP contribution in [-0.2, 0) is 4.79 Å². The van der Waals surface area contributed by atoms with Crippen LogP contribution in [0.5, 0.6) is 0 Å². The molecule has 4 amide bonds. The minimum atomic E-state index is -0.296. The van der Waals surface area contributed by atoms with E-state index < -0.39 is 0 Å². The van der Waals surface area contributed by atoms with Crippen molar-refractivity contribution in [3.05, 3.63) is 46.7 Å². The second-order valence-electron chi connectivity index (χ2n) is 5.62. The molecule has 2 heterocycles. The molecule has 0 saturated carbocycles. The largest absolute Gasteiger partial charge is 0.336 e. The number of hydrogen-bond donors (Lipinski definition) is 2. The van der Waals surface area contributed by atoms with Gasteiger partial charge in [-0.1, -0.05) is 12.1 Å². The number of urea groups is 1. The maximum absolute atomic E-state index is 12.2. The van der Waals surface area contributed by atoms with E-state index in [1.165, 1.54) is 16.2 Å². The van der Waals surface area contributed by atoms with Crippen LogP contribution in [-0.4, -0.2) is 49.4 Å². The average molecular weight is 358 g/mol. The fourth-order valence-electron chi connectivity index (χ4n) is 2.55. The van der Waals surface area contributed by atoms with Gasteiger partial charge in [-0.15, -0.1) is 11.3 Å². The third kappa shape index (κ3) is 3.97. The van der Waals surface area contributed by atoms with E-state index in [-0.39, 0.29) is 24.4 Å². The van der Waals surface area contributed by atoms with Gasteiger partial charge >= 0.3 is 6.03 Å². The molecule has 0 spiro atoms. The molecule has 25 heavy (non-hydrogen) atoms. The van der Waals surface area contributed by atoms with Crippen LogP contribution in [0.3, 0.4) is 0 Å². The number of hydrogen-bond acceptors (Lipinski definition) is 4. The Hall–Kier alpha value is -2.87. The summed E-state index contributed by atoms with van der Waals surface area (Å²) in [5.74, 6) is -0.483. The molecular weight excluding hydrogens is 340 g/mol. The van der Waals surface area contributed by atoms with Gasteiger partial charge in [-0.05, 0) is 29.6 Å². The van der Waals surface area contributed by atoms with Gasteiger partial charge in [-0.3, -0.25) is 14.5 Å². The Morgan fingerprint density at radius 1 is 1.32 bits per heavy atom. The van der Waals surface area contributed by atoms with Crippen LogP contribution in [0.25, 0.3) is 0 Å². The highest BCUT2D eigenvalue weighted by Gasteiger charge is 2.21. The highest BCUT2D eigenvalue weighted by atomic mass is 32.1. The molecule has 130 valence electrons. The highest BCUT2D eigenvalue weighted by Crippen LogP contribution is 2.21. The van der Waals surface area contributed by atoms with Crippen LogP contribution in [0, 0.1) is 0 Å². The van der Waals surface area contributed by atoms with E-state index in [0.717, 1.165) is 5.69 Å². The zero-order chi connectivity index (χ0) is 17.8. The lowest BCUT2D eigenvalue weighted by molar-refractivity contribution is -0.116. The Morgan fingerprint density at radius 2 is 2.16 bits per heavy atom. The van der Waals surface area contributed by atoms with Gasteiger partial charge in [0.05, 0.1) is 11.4 Å². The number of nitrogens with zero attached hydrogens (tertiary/aromatic N) is 2. The third-order valence-corrected chi connectivity index (χ3v) is 4.62. The molecule has 0 unspecified atom stereocenters. The summed E-state index contributed by atoms with van der Waals surface area (Å²) >= 11 is 1.34. The maximum Gasteiger partial charge on any atom is 0.321 e. The summed E-state index contributed by atoms with van der Waals surface area (Å²) in [7, 11) is 1.59. The van der Waals surface area contributed by atoms with Gasteiger partial charge in [0.25, 0.3) is 5.91 Å². The second-order valence-corrected chi connectivity index (χ2v) is 6.57. The van der Waals surface area contributed by atoms with Crippen molar-refractivity contribution < 1.29 is 14.4 Å². The maximum atomic E-state index is 12.2. The fraction of sp³-hybridized carbons (Fsp3) is 0.235. The number of anilines is 2. The molecule has 1 aliphatic rings. The molecule has 7 nitrogen and oxygen atoms in total. The van der Waals surface area contributed by atoms with Gasteiger partial charge in [0.2, 0.25) is 5.91 Å². The quantitative estimate of drug-likeness (QED) is 0.858. The second kappa shape index (κ2) is 7.35. The van der Waals surface area contributed by atoms with Gasteiger partial charge in [-0.25, -0.2) is 4.79 Å². The third-order valence-electron chi connectivity index (χ3n) is 3.76. The van der Waals surface area contributed by atoms with Gasteiger partial charge in [0, 0.05) is 31.5 Å². The number of rotatable bonds is 5. The summed E-state index contributed by atoms with van der Waals surface area (Å²) in [6.07, 6.45) is 0. The molecule has 1 aliphatic heterocycles. The number of likely N-dealkylation sites (N-methyl/N-ethyl adjacent to an activating group) is 1. The van der Waals surface area contributed by atoms with E-state index in [1.807, 2.05) is 11.4 Å². The molecule has 2 N–H and O–H groups in total. The lowest BCUT2D eigenvalue weighted by atomic mass is 10.2. The first-order valence-electron chi connectivity index (χ1n) is 7.79. The molecular formula is C17H18N4O3S. The Morgan fingerprint density at radius 3 is 2.84 bits per heavy atom. The van der Waals surface area contributed by atoms with E-state index in [4.69, 9.17) is 0 Å². The van der Waals surface area contributed by atoms with Crippen molar-refractivity contribution >= 4 is 40.6 Å². The number of thiophene rings is 1. The van der Waals surface area contributed by atoms with Crippen LogP contribution in [0.1, 0.15) is 9.67 Å². The monoisotopic (exact) mass is 358 g/mol. The van der Waals surface area contributed by atoms with Crippen LogP contribution in [0.2, 0.25) is 0 Å². The van der Waals surface area contributed by atoms with Gasteiger partial charge < -0.3 is 15.5 Å². The van der Waals surface area contributed by atoms with Crippen LogP contribution in [0.15, 0.2) is 41.8 Å². The first-order chi connectivity index (χ1) is 12.0. The number of benzene rings is 1. The minimum Gasteiger partial charge on any atom is -0.336 e. The Kier molecular flexibility index (Phi) is 4.99. The van der Waals surface area contributed by atoms with E-state index in [0.29, 0.717) is 23.7 Å². The molecule has 1 aromatic carbocycles.